The van der Waals surface area contributed by atoms with E-state index in [9.17, 15) is 18.0 Å². The van der Waals surface area contributed by atoms with Crippen LogP contribution in [0.1, 0.15) is 24.0 Å². The van der Waals surface area contributed by atoms with E-state index < -0.39 is 6.36 Å². The molecule has 0 atom stereocenters. The number of urea groups is 1. The van der Waals surface area contributed by atoms with Crippen molar-refractivity contribution >= 4 is 11.7 Å². The van der Waals surface area contributed by atoms with Crippen molar-refractivity contribution in [1.29, 1.82) is 0 Å². The number of para-hydroxylation sites is 2. The molecule has 2 aromatic carbocycles. The summed E-state index contributed by atoms with van der Waals surface area (Å²) in [6.45, 7) is 0.521. The Hall–Kier alpha value is -2.70. The monoisotopic (exact) mass is 364 g/mol. The first-order valence-corrected chi connectivity index (χ1v) is 8.41. The van der Waals surface area contributed by atoms with E-state index in [0.29, 0.717) is 6.54 Å². The smallest absolute Gasteiger partial charge is 0.405 e. The van der Waals surface area contributed by atoms with Gasteiger partial charge in [0.1, 0.15) is 5.75 Å². The first kappa shape index (κ1) is 18.1. The van der Waals surface area contributed by atoms with Crippen LogP contribution in [0.4, 0.5) is 23.7 Å². The summed E-state index contributed by atoms with van der Waals surface area (Å²) in [5, 5.41) is 2.70. The summed E-state index contributed by atoms with van der Waals surface area (Å²) in [5.41, 5.74) is 2.21. The number of alkyl halides is 3. The Morgan fingerprint density at radius 2 is 1.81 bits per heavy atom. The van der Waals surface area contributed by atoms with Crippen molar-refractivity contribution in [2.24, 2.45) is 0 Å². The number of nitrogens with one attached hydrogen (secondary N) is 1. The topological polar surface area (TPSA) is 41.6 Å². The third-order valence-electron chi connectivity index (χ3n) is 4.23. The molecule has 3 rings (SSSR count). The van der Waals surface area contributed by atoms with Gasteiger partial charge >= 0.3 is 12.4 Å². The average Bonchev–Trinajstić information content (AvgIpc) is 2.82. The van der Waals surface area contributed by atoms with Crippen molar-refractivity contribution in [1.82, 2.24) is 5.32 Å². The van der Waals surface area contributed by atoms with Gasteiger partial charge in [0.05, 0.1) is 0 Å². The number of hydrogen-bond acceptors (Lipinski definition) is 2. The van der Waals surface area contributed by atoms with E-state index >= 15 is 0 Å². The van der Waals surface area contributed by atoms with E-state index in [1.54, 1.807) is 11.0 Å². The van der Waals surface area contributed by atoms with E-state index in [1.807, 2.05) is 24.3 Å². The van der Waals surface area contributed by atoms with Gasteiger partial charge in [-0.15, -0.1) is 13.2 Å². The van der Waals surface area contributed by atoms with E-state index in [4.69, 9.17) is 0 Å². The number of benzene rings is 2. The van der Waals surface area contributed by atoms with Gasteiger partial charge in [-0.2, -0.15) is 0 Å². The van der Waals surface area contributed by atoms with Crippen LogP contribution >= 0.6 is 0 Å². The quantitative estimate of drug-likeness (QED) is 0.862. The van der Waals surface area contributed by atoms with Gasteiger partial charge in [-0.05, 0) is 37.0 Å². The number of fused-ring (bicyclic) bond motifs is 1. The Balaban J connectivity index is 1.72. The van der Waals surface area contributed by atoms with Crippen molar-refractivity contribution in [3.63, 3.8) is 0 Å². The number of ether oxygens (including phenoxy) is 1. The van der Waals surface area contributed by atoms with Crippen LogP contribution in [0, 0.1) is 0 Å². The van der Waals surface area contributed by atoms with Gasteiger partial charge in [0.15, 0.2) is 0 Å². The predicted octanol–water partition coefficient (Wildman–Crippen LogP) is 4.64. The normalized spacial score (nSPS) is 14.3. The van der Waals surface area contributed by atoms with E-state index in [0.717, 1.165) is 30.5 Å². The maximum atomic E-state index is 12.6. The van der Waals surface area contributed by atoms with Crippen molar-refractivity contribution in [3.8, 4) is 5.75 Å². The van der Waals surface area contributed by atoms with Crippen LogP contribution in [0.2, 0.25) is 0 Å². The fraction of sp³-hybridized carbons (Fsp3) is 0.316. The number of anilines is 1. The molecule has 4 nitrogen and oxygen atoms in total. The zero-order valence-electron chi connectivity index (χ0n) is 14.1. The minimum absolute atomic E-state index is 0.0518. The summed E-state index contributed by atoms with van der Waals surface area (Å²) in [5.74, 6) is -0.309. The van der Waals surface area contributed by atoms with Crippen LogP contribution in [0.25, 0.3) is 0 Å². The summed E-state index contributed by atoms with van der Waals surface area (Å²) in [6.07, 6.45) is -2.01. The number of nitrogens with zero attached hydrogens (tertiary/aromatic N) is 1. The predicted molar refractivity (Wildman–Crippen MR) is 92.1 cm³/mol. The number of carbonyl (C=O) groups excluding carboxylic acids is 1. The molecule has 0 radical (unpaired) electrons. The maximum Gasteiger partial charge on any atom is 0.573 e. The molecule has 7 heteroatoms. The first-order valence-electron chi connectivity index (χ1n) is 8.41. The molecular weight excluding hydrogens is 345 g/mol. The van der Waals surface area contributed by atoms with Crippen LogP contribution < -0.4 is 15.0 Å². The molecule has 0 bridgehead atoms. The highest BCUT2D eigenvalue weighted by molar-refractivity contribution is 5.93. The lowest BCUT2D eigenvalue weighted by atomic mass is 10.1. The number of aryl methyl sites for hydroxylation is 1. The Morgan fingerprint density at radius 1 is 1.08 bits per heavy atom. The molecule has 0 saturated heterocycles. The second kappa shape index (κ2) is 7.68. The molecule has 0 saturated carbocycles. The molecule has 1 heterocycles. The largest absolute Gasteiger partial charge is 0.573 e. The maximum absolute atomic E-state index is 12.6. The fourth-order valence-electron chi connectivity index (χ4n) is 3.04. The summed E-state index contributed by atoms with van der Waals surface area (Å²) >= 11 is 0. The zero-order chi connectivity index (χ0) is 18.6. The minimum atomic E-state index is -4.77. The lowest BCUT2D eigenvalue weighted by Crippen LogP contribution is -2.40. The molecule has 0 spiro atoms. The molecule has 0 fully saturated rings. The molecular formula is C19H19F3N2O2. The van der Waals surface area contributed by atoms with Gasteiger partial charge in [0.2, 0.25) is 0 Å². The summed E-state index contributed by atoms with van der Waals surface area (Å²) in [6, 6.07) is 13.1. The standard InChI is InChI=1S/C19H19F3N2O2/c20-19(21,22)26-17-11-4-2-9-15(17)13-23-18(25)24-12-6-5-8-14-7-1-3-10-16(14)24/h1-4,7,9-11H,5-6,8,12-13H2,(H,23,25). The van der Waals surface area contributed by atoms with Crippen molar-refractivity contribution < 1.29 is 22.7 Å². The van der Waals surface area contributed by atoms with Crippen LogP contribution in [-0.2, 0) is 13.0 Å². The Morgan fingerprint density at radius 3 is 2.62 bits per heavy atom. The highest BCUT2D eigenvalue weighted by atomic mass is 19.4. The molecule has 2 amide bonds. The van der Waals surface area contributed by atoms with E-state index in [2.05, 4.69) is 10.1 Å². The van der Waals surface area contributed by atoms with Gasteiger partial charge in [0.25, 0.3) is 0 Å². The summed E-state index contributed by atoms with van der Waals surface area (Å²) in [4.78, 5) is 14.3. The fourth-order valence-corrected chi connectivity index (χ4v) is 3.04. The summed E-state index contributed by atoms with van der Waals surface area (Å²) in [7, 11) is 0. The number of hydrogen-bond donors (Lipinski definition) is 1. The van der Waals surface area contributed by atoms with Crippen LogP contribution in [0.5, 0.6) is 5.75 Å². The molecule has 0 unspecified atom stereocenters. The first-order chi connectivity index (χ1) is 12.4. The Labute approximate surface area is 149 Å². The number of carbonyl (C=O) groups is 1. The van der Waals surface area contributed by atoms with Gasteiger partial charge in [-0.3, -0.25) is 4.90 Å². The minimum Gasteiger partial charge on any atom is -0.405 e. The molecule has 26 heavy (non-hydrogen) atoms. The van der Waals surface area contributed by atoms with Crippen molar-refractivity contribution in [2.75, 3.05) is 11.4 Å². The lowest BCUT2D eigenvalue weighted by molar-refractivity contribution is -0.274. The second-order valence-corrected chi connectivity index (χ2v) is 6.05. The third-order valence-corrected chi connectivity index (χ3v) is 4.23. The van der Waals surface area contributed by atoms with Crippen molar-refractivity contribution in [2.45, 2.75) is 32.2 Å². The zero-order valence-corrected chi connectivity index (χ0v) is 14.1. The third kappa shape index (κ3) is 4.47. The summed E-state index contributed by atoms with van der Waals surface area (Å²) < 4.78 is 41.5. The number of amides is 2. The van der Waals surface area contributed by atoms with Gasteiger partial charge in [-0.1, -0.05) is 36.4 Å². The van der Waals surface area contributed by atoms with E-state index in [1.165, 1.54) is 18.2 Å². The number of halogens is 3. The van der Waals surface area contributed by atoms with Crippen LogP contribution in [0.15, 0.2) is 48.5 Å². The van der Waals surface area contributed by atoms with Gasteiger partial charge in [0, 0.05) is 24.3 Å². The molecule has 0 aromatic heterocycles. The second-order valence-electron chi connectivity index (χ2n) is 6.05. The molecule has 1 N–H and O–H groups in total. The van der Waals surface area contributed by atoms with Crippen LogP contribution in [-0.4, -0.2) is 18.9 Å². The number of rotatable bonds is 3. The molecule has 138 valence electrons. The van der Waals surface area contributed by atoms with Crippen LogP contribution in [0.3, 0.4) is 0 Å². The SMILES string of the molecule is O=C(NCc1ccccc1OC(F)(F)F)N1CCCCc2ccccc21. The lowest BCUT2D eigenvalue weighted by Gasteiger charge is -2.23. The highest BCUT2D eigenvalue weighted by Crippen LogP contribution is 2.28. The highest BCUT2D eigenvalue weighted by Gasteiger charge is 2.32. The molecule has 1 aliphatic heterocycles. The average molecular weight is 364 g/mol. The molecule has 2 aromatic rings. The van der Waals surface area contributed by atoms with Crippen molar-refractivity contribution in [3.05, 3.63) is 59.7 Å². The van der Waals surface area contributed by atoms with Gasteiger partial charge < -0.3 is 10.1 Å². The Kier molecular flexibility index (Phi) is 5.35. The Bertz CT molecular complexity index is 777. The molecule has 1 aliphatic rings. The molecule has 0 aliphatic carbocycles. The van der Waals surface area contributed by atoms with Gasteiger partial charge in [-0.25, -0.2) is 4.79 Å². The van der Waals surface area contributed by atoms with E-state index in [-0.39, 0.29) is 23.9 Å².